The van der Waals surface area contributed by atoms with Crippen LogP contribution in [0.2, 0.25) is 0 Å². The van der Waals surface area contributed by atoms with E-state index in [-0.39, 0.29) is 6.10 Å². The molecule has 2 heteroatoms. The van der Waals surface area contributed by atoms with Gasteiger partial charge in [0.15, 0.2) is 0 Å². The second-order valence-corrected chi connectivity index (χ2v) is 5.87. The minimum absolute atomic E-state index is 0.0222. The van der Waals surface area contributed by atoms with Gasteiger partial charge in [-0.1, -0.05) is 13.8 Å². The van der Waals surface area contributed by atoms with Crippen molar-refractivity contribution in [2.75, 3.05) is 19.6 Å². The van der Waals surface area contributed by atoms with Crippen LogP contribution in [0.4, 0.5) is 0 Å². The van der Waals surface area contributed by atoms with Crippen LogP contribution in [0, 0.1) is 17.8 Å². The third-order valence-electron chi connectivity index (χ3n) is 4.29. The maximum atomic E-state index is 9.42. The topological polar surface area (TPSA) is 23.5 Å². The predicted octanol–water partition coefficient (Wildman–Crippen LogP) is 2.13. The van der Waals surface area contributed by atoms with Crippen molar-refractivity contribution < 1.29 is 5.11 Å². The average Bonchev–Trinajstić information content (AvgIpc) is 2.13. The third kappa shape index (κ3) is 2.94. The lowest BCUT2D eigenvalue weighted by Gasteiger charge is -2.42. The van der Waals surface area contributed by atoms with Gasteiger partial charge in [-0.25, -0.2) is 0 Å². The lowest BCUT2D eigenvalue weighted by atomic mass is 9.69. The van der Waals surface area contributed by atoms with Crippen LogP contribution in [0.1, 0.15) is 39.5 Å². The maximum absolute atomic E-state index is 9.42. The molecule has 2 nitrogen and oxygen atoms in total. The third-order valence-corrected chi connectivity index (χ3v) is 4.29. The SMILES string of the molecule is CC(C)C1CC(CN2CCC(O)CC2)C1. The summed E-state index contributed by atoms with van der Waals surface area (Å²) in [6.45, 7) is 8.21. The van der Waals surface area contributed by atoms with E-state index in [9.17, 15) is 5.11 Å². The first-order valence-electron chi connectivity index (χ1n) is 6.55. The highest BCUT2D eigenvalue weighted by molar-refractivity contribution is 4.84. The van der Waals surface area contributed by atoms with Crippen LogP contribution < -0.4 is 0 Å². The van der Waals surface area contributed by atoms with E-state index < -0.39 is 0 Å². The zero-order chi connectivity index (χ0) is 10.8. The molecule has 0 atom stereocenters. The van der Waals surface area contributed by atoms with Crippen molar-refractivity contribution >= 4 is 0 Å². The standard InChI is InChI=1S/C13H25NO/c1-10(2)12-7-11(8-12)9-14-5-3-13(15)4-6-14/h10-13,15H,3-9H2,1-2H3. The van der Waals surface area contributed by atoms with E-state index in [0.29, 0.717) is 0 Å². The zero-order valence-corrected chi connectivity index (χ0v) is 10.2. The molecule has 2 fully saturated rings. The normalized spacial score (nSPS) is 34.4. The molecule has 1 N–H and O–H groups in total. The van der Waals surface area contributed by atoms with Crippen LogP contribution >= 0.6 is 0 Å². The summed E-state index contributed by atoms with van der Waals surface area (Å²) in [5.41, 5.74) is 0. The van der Waals surface area contributed by atoms with Gasteiger partial charge in [0.1, 0.15) is 0 Å². The van der Waals surface area contributed by atoms with Crippen molar-refractivity contribution in [3.8, 4) is 0 Å². The Morgan fingerprint density at radius 3 is 2.33 bits per heavy atom. The molecule has 0 aromatic rings. The van der Waals surface area contributed by atoms with E-state index in [1.165, 1.54) is 19.4 Å². The molecule has 0 bridgehead atoms. The van der Waals surface area contributed by atoms with Crippen LogP contribution in [0.25, 0.3) is 0 Å². The Hall–Kier alpha value is -0.0800. The summed E-state index contributed by atoms with van der Waals surface area (Å²) in [6.07, 6.45) is 4.83. The predicted molar refractivity (Wildman–Crippen MR) is 62.7 cm³/mol. The molecule has 1 heterocycles. The fraction of sp³-hybridized carbons (Fsp3) is 1.00. The largest absolute Gasteiger partial charge is 0.393 e. The quantitative estimate of drug-likeness (QED) is 0.773. The van der Waals surface area contributed by atoms with Gasteiger partial charge in [0.05, 0.1) is 6.10 Å². The summed E-state index contributed by atoms with van der Waals surface area (Å²) in [6, 6.07) is 0. The van der Waals surface area contributed by atoms with Gasteiger partial charge < -0.3 is 10.0 Å². The second kappa shape index (κ2) is 4.84. The van der Waals surface area contributed by atoms with Gasteiger partial charge in [-0.05, 0) is 43.4 Å². The van der Waals surface area contributed by atoms with Gasteiger partial charge in [-0.15, -0.1) is 0 Å². The Kier molecular flexibility index (Phi) is 3.68. The molecule has 0 radical (unpaired) electrons. The van der Waals surface area contributed by atoms with Crippen molar-refractivity contribution in [2.45, 2.75) is 45.6 Å². The highest BCUT2D eigenvalue weighted by Crippen LogP contribution is 2.39. The number of aliphatic hydroxyl groups is 1. The molecule has 2 aliphatic rings. The average molecular weight is 211 g/mol. The number of rotatable bonds is 3. The monoisotopic (exact) mass is 211 g/mol. The van der Waals surface area contributed by atoms with E-state index in [1.807, 2.05) is 0 Å². The first-order valence-corrected chi connectivity index (χ1v) is 6.55. The molecule has 0 spiro atoms. The molecule has 0 aromatic heterocycles. The van der Waals surface area contributed by atoms with Gasteiger partial charge in [0.25, 0.3) is 0 Å². The van der Waals surface area contributed by atoms with Crippen LogP contribution in [-0.2, 0) is 0 Å². The van der Waals surface area contributed by atoms with Gasteiger partial charge in [-0.3, -0.25) is 0 Å². The Morgan fingerprint density at radius 1 is 1.20 bits per heavy atom. The van der Waals surface area contributed by atoms with Gasteiger partial charge in [0, 0.05) is 19.6 Å². The summed E-state index contributed by atoms with van der Waals surface area (Å²) in [4.78, 5) is 2.55. The van der Waals surface area contributed by atoms with E-state index in [4.69, 9.17) is 0 Å². The smallest absolute Gasteiger partial charge is 0.0564 e. The van der Waals surface area contributed by atoms with E-state index in [0.717, 1.165) is 43.7 Å². The Balaban J connectivity index is 1.63. The Morgan fingerprint density at radius 2 is 1.80 bits per heavy atom. The summed E-state index contributed by atoms with van der Waals surface area (Å²) in [5.74, 6) is 2.82. The number of piperidine rings is 1. The van der Waals surface area contributed by atoms with Crippen LogP contribution in [-0.4, -0.2) is 35.7 Å². The van der Waals surface area contributed by atoms with Crippen LogP contribution in [0.3, 0.4) is 0 Å². The van der Waals surface area contributed by atoms with E-state index in [2.05, 4.69) is 18.7 Å². The minimum Gasteiger partial charge on any atom is -0.393 e. The highest BCUT2D eigenvalue weighted by Gasteiger charge is 2.32. The summed E-state index contributed by atoms with van der Waals surface area (Å²) < 4.78 is 0. The summed E-state index contributed by atoms with van der Waals surface area (Å²) >= 11 is 0. The lowest BCUT2D eigenvalue weighted by molar-refractivity contribution is 0.0465. The molecule has 0 aromatic carbocycles. The number of nitrogens with zero attached hydrogens (tertiary/aromatic N) is 1. The van der Waals surface area contributed by atoms with Gasteiger partial charge in [-0.2, -0.15) is 0 Å². The molecule has 1 aliphatic carbocycles. The fourth-order valence-electron chi connectivity index (χ4n) is 2.95. The molecule has 0 unspecified atom stereocenters. The van der Waals surface area contributed by atoms with E-state index in [1.54, 1.807) is 0 Å². The van der Waals surface area contributed by atoms with Crippen molar-refractivity contribution in [1.29, 1.82) is 0 Å². The zero-order valence-electron chi connectivity index (χ0n) is 10.2. The number of aliphatic hydroxyl groups excluding tert-OH is 1. The summed E-state index contributed by atoms with van der Waals surface area (Å²) in [7, 11) is 0. The van der Waals surface area contributed by atoms with Crippen molar-refractivity contribution in [1.82, 2.24) is 4.90 Å². The molecule has 1 saturated carbocycles. The van der Waals surface area contributed by atoms with Gasteiger partial charge >= 0.3 is 0 Å². The molecule has 88 valence electrons. The molecular formula is C13H25NO. The van der Waals surface area contributed by atoms with Crippen LogP contribution in [0.15, 0.2) is 0 Å². The second-order valence-electron chi connectivity index (χ2n) is 5.87. The van der Waals surface area contributed by atoms with Crippen molar-refractivity contribution in [2.24, 2.45) is 17.8 Å². The highest BCUT2D eigenvalue weighted by atomic mass is 16.3. The molecule has 1 aliphatic heterocycles. The first kappa shape index (κ1) is 11.4. The maximum Gasteiger partial charge on any atom is 0.0564 e. The number of hydrogen-bond acceptors (Lipinski definition) is 2. The van der Waals surface area contributed by atoms with Crippen molar-refractivity contribution in [3.63, 3.8) is 0 Å². The molecule has 1 saturated heterocycles. The Labute approximate surface area is 93.7 Å². The van der Waals surface area contributed by atoms with Crippen molar-refractivity contribution in [3.05, 3.63) is 0 Å². The number of hydrogen-bond donors (Lipinski definition) is 1. The Bertz CT molecular complexity index is 191. The van der Waals surface area contributed by atoms with E-state index >= 15 is 0 Å². The summed E-state index contributed by atoms with van der Waals surface area (Å²) in [5, 5.41) is 9.42. The lowest BCUT2D eigenvalue weighted by Crippen LogP contribution is -2.42. The molecule has 2 rings (SSSR count). The molecule has 15 heavy (non-hydrogen) atoms. The molecular weight excluding hydrogens is 186 g/mol. The minimum atomic E-state index is -0.0222. The van der Waals surface area contributed by atoms with Crippen LogP contribution in [0.5, 0.6) is 0 Å². The molecule has 0 amide bonds. The fourth-order valence-corrected chi connectivity index (χ4v) is 2.95. The first-order chi connectivity index (χ1) is 7.15. The van der Waals surface area contributed by atoms with Gasteiger partial charge in [0.2, 0.25) is 0 Å². The number of likely N-dealkylation sites (tertiary alicyclic amines) is 1.